The Hall–Kier alpha value is -1.79. The van der Waals surface area contributed by atoms with Crippen molar-refractivity contribution in [1.29, 1.82) is 0 Å². The van der Waals surface area contributed by atoms with Crippen LogP contribution >= 0.6 is 12.4 Å². The number of benzene rings is 1. The van der Waals surface area contributed by atoms with Gasteiger partial charge in [0, 0.05) is 44.5 Å². The molecule has 1 heterocycles. The van der Waals surface area contributed by atoms with Crippen LogP contribution in [0.2, 0.25) is 0 Å². The van der Waals surface area contributed by atoms with Crippen molar-refractivity contribution in [3.05, 3.63) is 29.8 Å². The number of amides is 2. The maximum atomic E-state index is 12.3. The molecule has 1 aliphatic heterocycles. The minimum atomic E-state index is -0.0351. The van der Waals surface area contributed by atoms with Crippen LogP contribution in [0.5, 0.6) is 0 Å². The van der Waals surface area contributed by atoms with Crippen molar-refractivity contribution in [2.75, 3.05) is 45.6 Å². The van der Waals surface area contributed by atoms with Crippen LogP contribution in [0.3, 0.4) is 0 Å². The van der Waals surface area contributed by atoms with Gasteiger partial charge in [-0.3, -0.25) is 9.59 Å². The second-order valence-electron chi connectivity index (χ2n) is 4.73. The molecule has 1 aromatic rings. The maximum absolute atomic E-state index is 12.3. The third-order valence-corrected chi connectivity index (χ3v) is 3.35. The highest BCUT2D eigenvalue weighted by Gasteiger charge is 2.24. The smallest absolute Gasteiger partial charge is 0.253 e. The first-order chi connectivity index (χ1) is 9.61. The highest BCUT2D eigenvalue weighted by atomic mass is 35.5. The molecule has 2 rings (SSSR count). The van der Waals surface area contributed by atoms with Crippen molar-refractivity contribution in [2.24, 2.45) is 0 Å². The van der Waals surface area contributed by atoms with Crippen molar-refractivity contribution in [3.63, 3.8) is 0 Å². The van der Waals surface area contributed by atoms with Gasteiger partial charge in [0.15, 0.2) is 0 Å². The van der Waals surface area contributed by atoms with Gasteiger partial charge >= 0.3 is 0 Å². The number of ether oxygens (including phenoxy) is 1. The summed E-state index contributed by atoms with van der Waals surface area (Å²) in [6, 6.07) is 6.87. The number of halogens is 1. The number of rotatable bonds is 3. The molecule has 0 bridgehead atoms. The van der Waals surface area contributed by atoms with E-state index in [1.54, 1.807) is 34.1 Å². The fourth-order valence-corrected chi connectivity index (χ4v) is 2.18. The lowest BCUT2D eigenvalue weighted by Crippen LogP contribution is -2.51. The molecule has 0 unspecified atom stereocenters. The third-order valence-electron chi connectivity index (χ3n) is 3.35. The second-order valence-corrected chi connectivity index (χ2v) is 4.73. The van der Waals surface area contributed by atoms with Crippen LogP contribution in [-0.4, -0.2) is 61.5 Å². The van der Waals surface area contributed by atoms with E-state index in [4.69, 9.17) is 10.5 Å². The van der Waals surface area contributed by atoms with Crippen LogP contribution < -0.4 is 5.73 Å². The van der Waals surface area contributed by atoms with E-state index in [0.29, 0.717) is 37.4 Å². The fraction of sp³-hybridized carbons (Fsp3) is 0.429. The van der Waals surface area contributed by atoms with Gasteiger partial charge in [-0.05, 0) is 24.3 Å². The van der Waals surface area contributed by atoms with E-state index >= 15 is 0 Å². The maximum Gasteiger partial charge on any atom is 0.253 e. The SMILES string of the molecule is COCC(=O)N1CCN(C(=O)c2ccc(N)cc2)CC1.Cl. The van der Waals surface area contributed by atoms with E-state index in [9.17, 15) is 9.59 Å². The topological polar surface area (TPSA) is 75.9 Å². The van der Waals surface area contributed by atoms with Gasteiger partial charge in [-0.1, -0.05) is 0 Å². The summed E-state index contributed by atoms with van der Waals surface area (Å²) in [5.41, 5.74) is 6.86. The van der Waals surface area contributed by atoms with E-state index in [1.807, 2.05) is 0 Å². The molecule has 1 fully saturated rings. The number of methoxy groups -OCH3 is 1. The minimum absolute atomic E-state index is 0. The first kappa shape index (κ1) is 17.3. The highest BCUT2D eigenvalue weighted by Crippen LogP contribution is 2.11. The van der Waals surface area contributed by atoms with Crippen LogP contribution in [0, 0.1) is 0 Å². The molecule has 0 atom stereocenters. The van der Waals surface area contributed by atoms with Crippen molar-refractivity contribution in [2.45, 2.75) is 0 Å². The number of carbonyl (C=O) groups is 2. The first-order valence-electron chi connectivity index (χ1n) is 6.53. The number of nitrogen functional groups attached to an aromatic ring is 1. The van der Waals surface area contributed by atoms with Crippen molar-refractivity contribution in [1.82, 2.24) is 9.80 Å². The molecule has 7 heteroatoms. The molecule has 0 aromatic heterocycles. The van der Waals surface area contributed by atoms with Gasteiger partial charge < -0.3 is 20.3 Å². The Labute approximate surface area is 130 Å². The lowest BCUT2D eigenvalue weighted by atomic mass is 10.1. The van der Waals surface area contributed by atoms with Gasteiger partial charge in [0.2, 0.25) is 5.91 Å². The van der Waals surface area contributed by atoms with Crippen LogP contribution in [0.15, 0.2) is 24.3 Å². The number of carbonyl (C=O) groups excluding carboxylic acids is 2. The number of nitrogens with zero attached hydrogens (tertiary/aromatic N) is 2. The van der Waals surface area contributed by atoms with E-state index in [0.717, 1.165) is 0 Å². The molecule has 0 aliphatic carbocycles. The Balaban J connectivity index is 0.00000220. The zero-order valence-electron chi connectivity index (χ0n) is 11.9. The number of anilines is 1. The van der Waals surface area contributed by atoms with E-state index < -0.39 is 0 Å². The monoisotopic (exact) mass is 313 g/mol. The number of hydrogen-bond acceptors (Lipinski definition) is 4. The highest BCUT2D eigenvalue weighted by molar-refractivity contribution is 5.94. The molecule has 6 nitrogen and oxygen atoms in total. The Morgan fingerprint density at radius 1 is 1.10 bits per heavy atom. The average Bonchev–Trinajstić information content (AvgIpc) is 2.48. The fourth-order valence-electron chi connectivity index (χ4n) is 2.18. The Kier molecular flexibility index (Phi) is 6.45. The zero-order chi connectivity index (χ0) is 14.5. The van der Waals surface area contributed by atoms with Crippen LogP contribution in [-0.2, 0) is 9.53 Å². The molecule has 2 N–H and O–H groups in total. The summed E-state index contributed by atoms with van der Waals surface area (Å²) < 4.78 is 4.83. The summed E-state index contributed by atoms with van der Waals surface area (Å²) in [6.45, 7) is 2.26. The van der Waals surface area contributed by atoms with E-state index in [1.165, 1.54) is 7.11 Å². The molecule has 21 heavy (non-hydrogen) atoms. The first-order valence-corrected chi connectivity index (χ1v) is 6.53. The largest absolute Gasteiger partial charge is 0.399 e. The van der Waals surface area contributed by atoms with Crippen molar-refractivity contribution < 1.29 is 14.3 Å². The Morgan fingerprint density at radius 3 is 2.14 bits per heavy atom. The van der Waals surface area contributed by atoms with Crippen LogP contribution in [0.4, 0.5) is 5.69 Å². The van der Waals surface area contributed by atoms with E-state index in [-0.39, 0.29) is 30.8 Å². The van der Waals surface area contributed by atoms with Gasteiger partial charge in [0.25, 0.3) is 5.91 Å². The molecule has 2 amide bonds. The molecule has 1 aromatic carbocycles. The molecule has 1 aliphatic rings. The van der Waals surface area contributed by atoms with Crippen LogP contribution in [0.1, 0.15) is 10.4 Å². The quantitative estimate of drug-likeness (QED) is 0.830. The normalized spacial score (nSPS) is 14.5. The molecule has 1 saturated heterocycles. The summed E-state index contributed by atoms with van der Waals surface area (Å²) in [4.78, 5) is 27.4. The van der Waals surface area contributed by atoms with Gasteiger partial charge in [0.05, 0.1) is 0 Å². The molecule has 0 spiro atoms. The summed E-state index contributed by atoms with van der Waals surface area (Å²) in [7, 11) is 1.50. The molecule has 0 saturated carbocycles. The van der Waals surface area contributed by atoms with E-state index in [2.05, 4.69) is 0 Å². The lowest BCUT2D eigenvalue weighted by molar-refractivity contribution is -0.136. The summed E-state index contributed by atoms with van der Waals surface area (Å²) in [5, 5.41) is 0. The zero-order valence-corrected chi connectivity index (χ0v) is 12.8. The average molecular weight is 314 g/mol. The summed E-state index contributed by atoms with van der Waals surface area (Å²) in [6.07, 6.45) is 0. The van der Waals surface area contributed by atoms with Gasteiger partial charge in [-0.25, -0.2) is 0 Å². The number of hydrogen-bond donors (Lipinski definition) is 1. The molecule has 0 radical (unpaired) electrons. The Morgan fingerprint density at radius 2 is 1.62 bits per heavy atom. The molecular formula is C14H20ClN3O3. The third kappa shape index (κ3) is 4.34. The standard InChI is InChI=1S/C14H19N3O3.ClH/c1-20-10-13(18)16-6-8-17(9-7-16)14(19)11-2-4-12(15)5-3-11;/h2-5H,6-10,15H2,1H3;1H. The van der Waals surface area contributed by atoms with Crippen molar-refractivity contribution in [3.8, 4) is 0 Å². The minimum Gasteiger partial charge on any atom is -0.399 e. The van der Waals surface area contributed by atoms with Gasteiger partial charge in [-0.2, -0.15) is 0 Å². The van der Waals surface area contributed by atoms with Crippen molar-refractivity contribution >= 4 is 29.9 Å². The number of piperazine rings is 1. The summed E-state index contributed by atoms with van der Waals surface area (Å²) in [5.74, 6) is -0.0593. The number of nitrogens with two attached hydrogens (primary N) is 1. The van der Waals surface area contributed by atoms with Crippen LogP contribution in [0.25, 0.3) is 0 Å². The van der Waals surface area contributed by atoms with Gasteiger partial charge in [-0.15, -0.1) is 12.4 Å². The predicted octanol–water partition coefficient (Wildman–Crippen LogP) is 0.621. The molecular weight excluding hydrogens is 294 g/mol. The van der Waals surface area contributed by atoms with Gasteiger partial charge in [0.1, 0.15) is 6.61 Å². The predicted molar refractivity (Wildman–Crippen MR) is 82.5 cm³/mol. The Bertz CT molecular complexity index is 485. The molecule has 116 valence electrons. The second kappa shape index (κ2) is 7.85. The summed E-state index contributed by atoms with van der Waals surface area (Å²) >= 11 is 0. The lowest BCUT2D eigenvalue weighted by Gasteiger charge is -2.34.